The van der Waals surface area contributed by atoms with Gasteiger partial charge >= 0.3 is 0 Å². The van der Waals surface area contributed by atoms with Gasteiger partial charge in [-0.2, -0.15) is 0 Å². The van der Waals surface area contributed by atoms with Crippen LogP contribution in [0.5, 0.6) is 0 Å². The number of hydrogen-bond donors (Lipinski definition) is 1. The first kappa shape index (κ1) is 30.8. The maximum Gasteiger partial charge on any atom is 0.264 e. The number of nitrogens with zero attached hydrogens (tertiary/aromatic N) is 2. The molecule has 0 aliphatic rings. The number of carbonyl (C=O) groups is 2. The molecular formula is C33H34ClN3O4S. The number of carbonyl (C=O) groups excluding carboxylic acids is 2. The Morgan fingerprint density at radius 2 is 1.38 bits per heavy atom. The van der Waals surface area contributed by atoms with Gasteiger partial charge in [-0.25, -0.2) is 8.42 Å². The minimum Gasteiger partial charge on any atom is -0.355 e. The van der Waals surface area contributed by atoms with Crippen molar-refractivity contribution in [3.05, 3.63) is 131 Å². The van der Waals surface area contributed by atoms with Crippen molar-refractivity contribution in [3.63, 3.8) is 0 Å². The molecule has 1 N–H and O–H groups in total. The molecule has 4 rings (SSSR count). The van der Waals surface area contributed by atoms with Crippen molar-refractivity contribution in [2.75, 3.05) is 17.4 Å². The number of amides is 2. The van der Waals surface area contributed by atoms with E-state index in [0.29, 0.717) is 22.8 Å². The van der Waals surface area contributed by atoms with E-state index in [4.69, 9.17) is 11.6 Å². The van der Waals surface area contributed by atoms with E-state index < -0.39 is 28.5 Å². The average molecular weight is 604 g/mol. The van der Waals surface area contributed by atoms with E-state index >= 15 is 0 Å². The van der Waals surface area contributed by atoms with Crippen LogP contribution >= 0.6 is 11.6 Å². The minimum atomic E-state index is -4.18. The number of para-hydroxylation sites is 1. The molecule has 0 fully saturated rings. The molecule has 0 saturated carbocycles. The Morgan fingerprint density at radius 3 is 1.98 bits per heavy atom. The molecular weight excluding hydrogens is 570 g/mol. The van der Waals surface area contributed by atoms with Crippen molar-refractivity contribution in [1.82, 2.24) is 10.2 Å². The molecule has 0 spiro atoms. The summed E-state index contributed by atoms with van der Waals surface area (Å²) in [6.07, 6.45) is 0.263. The average Bonchev–Trinajstić information content (AvgIpc) is 2.99. The maximum atomic E-state index is 14.3. The van der Waals surface area contributed by atoms with E-state index in [9.17, 15) is 18.0 Å². The standard InChI is InChI=1S/C33H34ClN3O4S/c1-3-35-33(39)31(22-26-13-6-4-7-14-26)36(23-27-15-8-5-9-16-27)32(38)24-37(30-17-11-10-12-25(30)2)42(40,41)29-20-18-28(34)19-21-29/h4-21,31H,3,22-24H2,1-2H3,(H,35,39)/t31-/m1/s1. The van der Waals surface area contributed by atoms with Crippen LogP contribution in [0.1, 0.15) is 23.6 Å². The van der Waals surface area contributed by atoms with Crippen LogP contribution in [0.25, 0.3) is 0 Å². The predicted molar refractivity (Wildman–Crippen MR) is 167 cm³/mol. The zero-order chi connectivity index (χ0) is 30.1. The van der Waals surface area contributed by atoms with Gasteiger partial charge in [-0.3, -0.25) is 13.9 Å². The molecule has 2 amide bonds. The number of hydrogen-bond acceptors (Lipinski definition) is 4. The molecule has 0 aromatic heterocycles. The summed E-state index contributed by atoms with van der Waals surface area (Å²) in [4.78, 5) is 29.3. The quantitative estimate of drug-likeness (QED) is 0.228. The smallest absolute Gasteiger partial charge is 0.264 e. The number of rotatable bonds is 12. The van der Waals surface area contributed by atoms with Crippen LogP contribution in [0, 0.1) is 6.92 Å². The van der Waals surface area contributed by atoms with Crippen LogP contribution in [0.4, 0.5) is 5.69 Å². The number of anilines is 1. The fourth-order valence-corrected chi connectivity index (χ4v) is 6.32. The van der Waals surface area contributed by atoms with E-state index in [0.717, 1.165) is 15.4 Å². The second-order valence-electron chi connectivity index (χ2n) is 9.86. The molecule has 7 nitrogen and oxygen atoms in total. The van der Waals surface area contributed by atoms with Crippen LogP contribution in [-0.2, 0) is 32.6 Å². The highest BCUT2D eigenvalue weighted by atomic mass is 35.5. The van der Waals surface area contributed by atoms with Crippen molar-refractivity contribution in [2.24, 2.45) is 0 Å². The van der Waals surface area contributed by atoms with Gasteiger partial charge < -0.3 is 10.2 Å². The van der Waals surface area contributed by atoms with Crippen molar-refractivity contribution in [2.45, 2.75) is 37.8 Å². The summed E-state index contributed by atoms with van der Waals surface area (Å²) in [7, 11) is -4.18. The second kappa shape index (κ2) is 14.2. The lowest BCUT2D eigenvalue weighted by Gasteiger charge is -2.34. The van der Waals surface area contributed by atoms with Crippen molar-refractivity contribution < 1.29 is 18.0 Å². The van der Waals surface area contributed by atoms with Gasteiger partial charge in [0.15, 0.2) is 0 Å². The third kappa shape index (κ3) is 7.57. The molecule has 0 saturated heterocycles. The normalized spacial score (nSPS) is 11.9. The molecule has 4 aromatic rings. The van der Waals surface area contributed by atoms with E-state index in [1.807, 2.05) is 67.6 Å². The minimum absolute atomic E-state index is 0.00197. The fourth-order valence-electron chi connectivity index (χ4n) is 4.72. The lowest BCUT2D eigenvalue weighted by Crippen LogP contribution is -2.53. The Labute approximate surface area is 252 Å². The molecule has 0 heterocycles. The number of sulfonamides is 1. The van der Waals surface area contributed by atoms with Crippen LogP contribution in [0.2, 0.25) is 5.02 Å². The van der Waals surface area contributed by atoms with Crippen LogP contribution in [0.15, 0.2) is 114 Å². The number of likely N-dealkylation sites (N-methyl/N-ethyl adjacent to an activating group) is 1. The summed E-state index contributed by atoms with van der Waals surface area (Å²) in [5.41, 5.74) is 2.75. The third-order valence-corrected chi connectivity index (χ3v) is 8.91. The molecule has 0 aliphatic carbocycles. The predicted octanol–water partition coefficient (Wildman–Crippen LogP) is 5.62. The highest BCUT2D eigenvalue weighted by Gasteiger charge is 2.34. The SMILES string of the molecule is CCNC(=O)[C@@H](Cc1ccccc1)N(Cc1ccccc1)C(=O)CN(c1ccccc1C)S(=O)(=O)c1ccc(Cl)cc1. The zero-order valence-electron chi connectivity index (χ0n) is 23.6. The highest BCUT2D eigenvalue weighted by Crippen LogP contribution is 2.28. The molecule has 42 heavy (non-hydrogen) atoms. The van der Waals surface area contributed by atoms with E-state index in [2.05, 4.69) is 5.32 Å². The van der Waals surface area contributed by atoms with Gasteiger partial charge in [0.25, 0.3) is 10.0 Å². The van der Waals surface area contributed by atoms with Gasteiger partial charge in [0.05, 0.1) is 10.6 Å². The lowest BCUT2D eigenvalue weighted by molar-refractivity contribution is -0.140. The first-order chi connectivity index (χ1) is 20.2. The highest BCUT2D eigenvalue weighted by molar-refractivity contribution is 7.92. The number of benzene rings is 4. The molecule has 9 heteroatoms. The van der Waals surface area contributed by atoms with Gasteiger partial charge in [0.2, 0.25) is 11.8 Å². The van der Waals surface area contributed by atoms with Crippen LogP contribution in [0.3, 0.4) is 0 Å². The molecule has 4 aromatic carbocycles. The van der Waals surface area contributed by atoms with E-state index in [-0.39, 0.29) is 23.8 Å². The number of aryl methyl sites for hydroxylation is 1. The van der Waals surface area contributed by atoms with Crippen LogP contribution < -0.4 is 9.62 Å². The zero-order valence-corrected chi connectivity index (χ0v) is 25.2. The molecule has 0 radical (unpaired) electrons. The summed E-state index contributed by atoms with van der Waals surface area (Å²) >= 11 is 6.04. The summed E-state index contributed by atoms with van der Waals surface area (Å²) in [5.74, 6) is -0.819. The van der Waals surface area contributed by atoms with Gasteiger partial charge in [-0.05, 0) is 60.9 Å². The Hall–Kier alpha value is -4.14. The lowest BCUT2D eigenvalue weighted by atomic mass is 10.0. The Kier molecular flexibility index (Phi) is 10.4. The number of nitrogens with one attached hydrogen (secondary N) is 1. The van der Waals surface area contributed by atoms with Crippen LogP contribution in [-0.4, -0.2) is 44.3 Å². The second-order valence-corrected chi connectivity index (χ2v) is 12.2. The summed E-state index contributed by atoms with van der Waals surface area (Å²) < 4.78 is 29.2. The molecule has 0 aliphatic heterocycles. The summed E-state index contributed by atoms with van der Waals surface area (Å²) in [6, 6.07) is 30.8. The Bertz CT molecular complexity index is 1600. The van der Waals surface area contributed by atoms with Gasteiger partial charge in [0.1, 0.15) is 12.6 Å². The van der Waals surface area contributed by atoms with Gasteiger partial charge in [-0.15, -0.1) is 0 Å². The van der Waals surface area contributed by atoms with Crippen molar-refractivity contribution in [1.29, 1.82) is 0 Å². The molecule has 218 valence electrons. The topological polar surface area (TPSA) is 86.8 Å². The van der Waals surface area contributed by atoms with Gasteiger partial charge in [-0.1, -0.05) is 90.5 Å². The first-order valence-corrected chi connectivity index (χ1v) is 15.5. The molecule has 0 bridgehead atoms. The molecule has 1 atom stereocenters. The van der Waals surface area contributed by atoms with Crippen molar-refractivity contribution >= 4 is 39.1 Å². The largest absolute Gasteiger partial charge is 0.355 e. The first-order valence-electron chi connectivity index (χ1n) is 13.7. The molecule has 0 unspecified atom stereocenters. The maximum absolute atomic E-state index is 14.3. The van der Waals surface area contributed by atoms with Crippen molar-refractivity contribution in [3.8, 4) is 0 Å². The summed E-state index contributed by atoms with van der Waals surface area (Å²) in [6.45, 7) is 3.61. The monoisotopic (exact) mass is 603 g/mol. The van der Waals surface area contributed by atoms with E-state index in [1.54, 1.807) is 31.2 Å². The fraction of sp³-hybridized carbons (Fsp3) is 0.212. The summed E-state index contributed by atoms with van der Waals surface area (Å²) in [5, 5.41) is 3.26. The van der Waals surface area contributed by atoms with Gasteiger partial charge in [0, 0.05) is 24.5 Å². The van der Waals surface area contributed by atoms with E-state index in [1.165, 1.54) is 29.2 Å². The Morgan fingerprint density at radius 1 is 0.810 bits per heavy atom. The third-order valence-electron chi connectivity index (χ3n) is 6.88. The Balaban J connectivity index is 1.79. The number of halogens is 1.